The van der Waals surface area contributed by atoms with E-state index < -0.39 is 0 Å². The maximum absolute atomic E-state index is 5.56. The van der Waals surface area contributed by atoms with Crippen molar-refractivity contribution in [1.82, 2.24) is 20.0 Å². The molecule has 1 saturated heterocycles. The SMILES string of the molecule is CCCn1cc(CN2CCNCC2c2ccccc2OC)cn1. The summed E-state index contributed by atoms with van der Waals surface area (Å²) in [5, 5.41) is 7.96. The van der Waals surface area contributed by atoms with Crippen LogP contribution in [0.15, 0.2) is 36.7 Å². The molecule has 1 aliphatic heterocycles. The highest BCUT2D eigenvalue weighted by molar-refractivity contribution is 5.36. The standard InChI is InChI=1S/C18H26N4O/c1-3-9-22-14-15(11-20-22)13-21-10-8-19-12-17(21)16-6-4-5-7-18(16)23-2/h4-7,11,14,17,19H,3,8-10,12-13H2,1-2H3. The molecule has 23 heavy (non-hydrogen) atoms. The Morgan fingerprint density at radius 3 is 3.04 bits per heavy atom. The Morgan fingerprint density at radius 2 is 2.22 bits per heavy atom. The third-order valence-electron chi connectivity index (χ3n) is 4.38. The first-order valence-corrected chi connectivity index (χ1v) is 8.41. The highest BCUT2D eigenvalue weighted by atomic mass is 16.5. The molecule has 2 aromatic rings. The summed E-state index contributed by atoms with van der Waals surface area (Å²) in [4.78, 5) is 2.52. The summed E-state index contributed by atoms with van der Waals surface area (Å²) in [5.41, 5.74) is 2.53. The Labute approximate surface area is 138 Å². The van der Waals surface area contributed by atoms with E-state index in [1.807, 2.05) is 23.0 Å². The van der Waals surface area contributed by atoms with Crippen LogP contribution in [0.3, 0.4) is 0 Å². The van der Waals surface area contributed by atoms with E-state index in [2.05, 4.69) is 40.6 Å². The number of hydrogen-bond donors (Lipinski definition) is 1. The molecule has 0 saturated carbocycles. The van der Waals surface area contributed by atoms with Gasteiger partial charge in [0.25, 0.3) is 0 Å². The van der Waals surface area contributed by atoms with Crippen LogP contribution < -0.4 is 10.1 Å². The smallest absolute Gasteiger partial charge is 0.123 e. The van der Waals surface area contributed by atoms with Crippen molar-refractivity contribution >= 4 is 0 Å². The van der Waals surface area contributed by atoms with Crippen LogP contribution in [0.2, 0.25) is 0 Å². The van der Waals surface area contributed by atoms with Crippen molar-refractivity contribution in [2.75, 3.05) is 26.7 Å². The molecule has 1 fully saturated rings. The molecule has 1 aromatic heterocycles. The van der Waals surface area contributed by atoms with Gasteiger partial charge in [-0.3, -0.25) is 9.58 Å². The second-order valence-electron chi connectivity index (χ2n) is 6.04. The summed E-state index contributed by atoms with van der Waals surface area (Å²) >= 11 is 0. The zero-order valence-electron chi connectivity index (χ0n) is 14.0. The molecule has 0 spiro atoms. The molecule has 0 aliphatic carbocycles. The summed E-state index contributed by atoms with van der Waals surface area (Å²) in [5.74, 6) is 0.966. The molecular weight excluding hydrogens is 288 g/mol. The summed E-state index contributed by atoms with van der Waals surface area (Å²) in [6, 6.07) is 8.65. The highest BCUT2D eigenvalue weighted by Gasteiger charge is 2.26. The maximum Gasteiger partial charge on any atom is 0.123 e. The number of methoxy groups -OCH3 is 1. The summed E-state index contributed by atoms with van der Waals surface area (Å²) in [6.07, 6.45) is 5.28. The lowest BCUT2D eigenvalue weighted by molar-refractivity contribution is 0.151. The van der Waals surface area contributed by atoms with Crippen molar-refractivity contribution < 1.29 is 4.74 Å². The van der Waals surface area contributed by atoms with Gasteiger partial charge in [-0.25, -0.2) is 0 Å². The maximum atomic E-state index is 5.56. The summed E-state index contributed by atoms with van der Waals surface area (Å²) < 4.78 is 7.60. The molecule has 5 nitrogen and oxygen atoms in total. The number of nitrogens with one attached hydrogen (secondary N) is 1. The van der Waals surface area contributed by atoms with Crippen LogP contribution in [0.4, 0.5) is 0 Å². The number of nitrogens with zero attached hydrogens (tertiary/aromatic N) is 3. The molecule has 1 aliphatic rings. The largest absolute Gasteiger partial charge is 0.496 e. The van der Waals surface area contributed by atoms with Crippen molar-refractivity contribution in [1.29, 1.82) is 0 Å². The van der Waals surface area contributed by atoms with E-state index in [4.69, 9.17) is 4.74 Å². The van der Waals surface area contributed by atoms with Crippen LogP contribution in [0.25, 0.3) is 0 Å². The zero-order valence-corrected chi connectivity index (χ0v) is 14.0. The zero-order chi connectivity index (χ0) is 16.1. The van der Waals surface area contributed by atoms with Crippen LogP contribution in [0.5, 0.6) is 5.75 Å². The van der Waals surface area contributed by atoms with Gasteiger partial charge >= 0.3 is 0 Å². The van der Waals surface area contributed by atoms with E-state index in [1.165, 1.54) is 11.1 Å². The van der Waals surface area contributed by atoms with E-state index in [9.17, 15) is 0 Å². The van der Waals surface area contributed by atoms with E-state index >= 15 is 0 Å². The molecule has 0 amide bonds. The Balaban J connectivity index is 1.78. The number of ether oxygens (including phenoxy) is 1. The van der Waals surface area contributed by atoms with Gasteiger partial charge in [0, 0.05) is 50.0 Å². The molecule has 124 valence electrons. The number of rotatable bonds is 6. The second-order valence-corrected chi connectivity index (χ2v) is 6.04. The molecular formula is C18H26N4O. The summed E-state index contributed by atoms with van der Waals surface area (Å²) in [6.45, 7) is 7.08. The number of piperazine rings is 1. The van der Waals surface area contributed by atoms with Crippen LogP contribution in [0.1, 0.15) is 30.5 Å². The quantitative estimate of drug-likeness (QED) is 0.889. The number of aryl methyl sites for hydroxylation is 1. The fourth-order valence-electron chi connectivity index (χ4n) is 3.26. The molecule has 3 rings (SSSR count). The second kappa shape index (κ2) is 7.62. The van der Waals surface area contributed by atoms with E-state index in [0.717, 1.165) is 44.9 Å². The van der Waals surface area contributed by atoms with Crippen LogP contribution in [-0.4, -0.2) is 41.4 Å². The lowest BCUT2D eigenvalue weighted by atomic mass is 10.0. The first-order chi connectivity index (χ1) is 11.3. The van der Waals surface area contributed by atoms with Gasteiger partial charge in [-0.05, 0) is 12.5 Å². The number of para-hydroxylation sites is 1. The molecule has 1 atom stereocenters. The molecule has 1 unspecified atom stereocenters. The third-order valence-corrected chi connectivity index (χ3v) is 4.38. The number of benzene rings is 1. The fourth-order valence-corrected chi connectivity index (χ4v) is 3.26. The normalized spacial score (nSPS) is 19.0. The summed E-state index contributed by atoms with van der Waals surface area (Å²) in [7, 11) is 1.74. The fraction of sp³-hybridized carbons (Fsp3) is 0.500. The predicted molar refractivity (Wildman–Crippen MR) is 91.5 cm³/mol. The van der Waals surface area contributed by atoms with Crippen molar-refractivity contribution in [3.63, 3.8) is 0 Å². The van der Waals surface area contributed by atoms with Gasteiger partial charge in [0.15, 0.2) is 0 Å². The highest BCUT2D eigenvalue weighted by Crippen LogP contribution is 2.31. The van der Waals surface area contributed by atoms with Gasteiger partial charge in [-0.15, -0.1) is 0 Å². The van der Waals surface area contributed by atoms with Gasteiger partial charge in [-0.1, -0.05) is 25.1 Å². The average Bonchev–Trinajstić information content (AvgIpc) is 3.03. The number of aromatic nitrogens is 2. The van der Waals surface area contributed by atoms with Crippen LogP contribution in [-0.2, 0) is 13.1 Å². The van der Waals surface area contributed by atoms with Crippen molar-refractivity contribution in [2.45, 2.75) is 32.5 Å². The molecule has 1 N–H and O–H groups in total. The van der Waals surface area contributed by atoms with Crippen molar-refractivity contribution in [3.05, 3.63) is 47.8 Å². The Morgan fingerprint density at radius 1 is 1.35 bits per heavy atom. The Hall–Kier alpha value is -1.85. The Kier molecular flexibility index (Phi) is 5.31. The minimum atomic E-state index is 0.328. The van der Waals surface area contributed by atoms with Gasteiger partial charge < -0.3 is 10.1 Å². The van der Waals surface area contributed by atoms with E-state index in [-0.39, 0.29) is 0 Å². The molecule has 0 bridgehead atoms. The average molecular weight is 314 g/mol. The minimum Gasteiger partial charge on any atom is -0.496 e. The lowest BCUT2D eigenvalue weighted by Gasteiger charge is -2.36. The first kappa shape index (κ1) is 16.0. The predicted octanol–water partition coefficient (Wildman–Crippen LogP) is 2.45. The van der Waals surface area contributed by atoms with Gasteiger partial charge in [0.05, 0.1) is 19.3 Å². The lowest BCUT2D eigenvalue weighted by Crippen LogP contribution is -2.45. The van der Waals surface area contributed by atoms with Gasteiger partial charge in [-0.2, -0.15) is 5.10 Å². The minimum absolute atomic E-state index is 0.328. The number of hydrogen-bond acceptors (Lipinski definition) is 4. The topological polar surface area (TPSA) is 42.3 Å². The van der Waals surface area contributed by atoms with Crippen LogP contribution in [0, 0.1) is 0 Å². The molecule has 5 heteroatoms. The third kappa shape index (κ3) is 3.74. The van der Waals surface area contributed by atoms with E-state index in [1.54, 1.807) is 7.11 Å². The van der Waals surface area contributed by atoms with Crippen molar-refractivity contribution in [3.8, 4) is 5.75 Å². The van der Waals surface area contributed by atoms with Gasteiger partial charge in [0.1, 0.15) is 5.75 Å². The Bertz CT molecular complexity index is 625. The molecule has 2 heterocycles. The first-order valence-electron chi connectivity index (χ1n) is 8.41. The molecule has 0 radical (unpaired) electrons. The van der Waals surface area contributed by atoms with Crippen LogP contribution >= 0.6 is 0 Å². The van der Waals surface area contributed by atoms with E-state index in [0.29, 0.717) is 6.04 Å². The molecule has 1 aromatic carbocycles. The monoisotopic (exact) mass is 314 g/mol. The van der Waals surface area contributed by atoms with Gasteiger partial charge in [0.2, 0.25) is 0 Å². The van der Waals surface area contributed by atoms with Crippen molar-refractivity contribution in [2.24, 2.45) is 0 Å².